The van der Waals surface area contributed by atoms with Crippen molar-refractivity contribution in [1.29, 1.82) is 0 Å². The smallest absolute Gasteiger partial charge is 0.330 e. The number of fused-ring (bicyclic) bond motifs is 1. The molecule has 0 spiro atoms. The fraction of sp³-hybridized carbons (Fsp3) is 0.160. The van der Waals surface area contributed by atoms with Crippen LogP contribution in [0.5, 0.6) is 5.75 Å². The number of para-hydroxylation sites is 1. The number of esters is 1. The summed E-state index contributed by atoms with van der Waals surface area (Å²) in [5, 5.41) is 6.07. The van der Waals surface area contributed by atoms with Crippen LogP contribution in [0.1, 0.15) is 18.0 Å². The van der Waals surface area contributed by atoms with E-state index in [-0.39, 0.29) is 12.1 Å². The maximum Gasteiger partial charge on any atom is 0.330 e. The van der Waals surface area contributed by atoms with E-state index in [1.165, 1.54) is 13.2 Å². The minimum Gasteiger partial charge on any atom is -0.486 e. The summed E-state index contributed by atoms with van der Waals surface area (Å²) in [6.07, 6.45) is 1.26. The number of hydrogen-bond donors (Lipinski definition) is 1. The number of nitrogens with one attached hydrogen (secondary N) is 1. The van der Waals surface area contributed by atoms with Gasteiger partial charge in [-0.3, -0.25) is 5.09 Å². The van der Waals surface area contributed by atoms with E-state index >= 15 is 0 Å². The van der Waals surface area contributed by atoms with E-state index in [4.69, 9.17) is 21.3 Å². The van der Waals surface area contributed by atoms with Gasteiger partial charge in [0.1, 0.15) is 11.9 Å². The van der Waals surface area contributed by atoms with Crippen LogP contribution in [0.15, 0.2) is 97.1 Å². The molecule has 0 aromatic heterocycles. The van der Waals surface area contributed by atoms with Gasteiger partial charge in [-0.05, 0) is 12.1 Å². The predicted octanol–water partition coefficient (Wildman–Crippen LogP) is 4.24. The Bertz CT molecular complexity index is 1070. The molecule has 1 N–H and O–H groups in total. The fourth-order valence-corrected chi connectivity index (χ4v) is 7.31. The molecule has 158 valence electrons. The van der Waals surface area contributed by atoms with Crippen molar-refractivity contribution in [3.8, 4) is 5.75 Å². The maximum absolute atomic E-state index is 11.6. The molecule has 2 unspecified atom stereocenters. The normalized spacial score (nSPS) is 18.2. The summed E-state index contributed by atoms with van der Waals surface area (Å²) in [6, 6.07) is 28.5. The van der Waals surface area contributed by atoms with Gasteiger partial charge >= 0.3 is 5.97 Å². The molecule has 0 aliphatic carbocycles. The molecule has 1 aliphatic rings. The van der Waals surface area contributed by atoms with Crippen molar-refractivity contribution in [2.75, 3.05) is 7.11 Å². The first-order chi connectivity index (χ1) is 15.1. The number of hydrogen-bond acceptors (Lipinski definition) is 4. The van der Waals surface area contributed by atoms with Crippen LogP contribution in [0.4, 0.5) is 0 Å². The molecular formula is C25H24NO3PS. The third kappa shape index (κ3) is 4.80. The van der Waals surface area contributed by atoms with Crippen LogP contribution in [0.3, 0.4) is 0 Å². The van der Waals surface area contributed by atoms with E-state index in [0.717, 1.165) is 21.9 Å². The van der Waals surface area contributed by atoms with E-state index in [1.54, 1.807) is 6.08 Å². The lowest BCUT2D eigenvalue weighted by Crippen LogP contribution is -2.35. The van der Waals surface area contributed by atoms with E-state index in [1.807, 2.05) is 54.6 Å². The fourth-order valence-electron chi connectivity index (χ4n) is 3.73. The molecule has 4 nitrogen and oxygen atoms in total. The number of carbonyl (C=O) groups excluding carboxylic acids is 1. The predicted molar refractivity (Wildman–Crippen MR) is 129 cm³/mol. The van der Waals surface area contributed by atoms with Gasteiger partial charge in [0.05, 0.1) is 13.3 Å². The lowest BCUT2D eigenvalue weighted by atomic mass is 9.97. The van der Waals surface area contributed by atoms with E-state index in [9.17, 15) is 4.79 Å². The second kappa shape index (κ2) is 9.61. The Morgan fingerprint density at radius 2 is 1.58 bits per heavy atom. The summed E-state index contributed by atoms with van der Waals surface area (Å²) in [7, 11) is 1.36. The van der Waals surface area contributed by atoms with E-state index in [0.29, 0.717) is 6.42 Å². The van der Waals surface area contributed by atoms with Crippen molar-refractivity contribution < 1.29 is 14.3 Å². The highest BCUT2D eigenvalue weighted by Crippen LogP contribution is 2.46. The molecule has 1 aliphatic heterocycles. The SMILES string of the molecule is COC(=O)/C=C/C1CC(NP(=S)(c2ccccc2)c2ccccc2)c2ccccc2O1. The summed E-state index contributed by atoms with van der Waals surface area (Å²) in [4.78, 5) is 11.6. The molecule has 0 saturated heterocycles. The number of benzene rings is 3. The molecule has 3 aromatic rings. The summed E-state index contributed by atoms with van der Waals surface area (Å²) in [6.45, 7) is 0. The van der Waals surface area contributed by atoms with Gasteiger partial charge in [-0.15, -0.1) is 0 Å². The van der Waals surface area contributed by atoms with Crippen molar-refractivity contribution in [3.63, 3.8) is 0 Å². The molecule has 6 heteroatoms. The highest BCUT2D eigenvalue weighted by atomic mass is 32.4. The van der Waals surface area contributed by atoms with Crippen molar-refractivity contribution >= 4 is 34.6 Å². The van der Waals surface area contributed by atoms with Crippen molar-refractivity contribution in [2.45, 2.75) is 18.6 Å². The highest BCUT2D eigenvalue weighted by Gasteiger charge is 2.32. The minimum atomic E-state index is -2.31. The number of methoxy groups -OCH3 is 1. The molecule has 0 fully saturated rings. The monoisotopic (exact) mass is 449 g/mol. The summed E-state index contributed by atoms with van der Waals surface area (Å²) < 4.78 is 10.9. The van der Waals surface area contributed by atoms with Crippen LogP contribution in [0, 0.1) is 0 Å². The second-order valence-corrected chi connectivity index (χ2v) is 11.4. The molecular weight excluding hydrogens is 425 g/mol. The molecule has 0 amide bonds. The van der Waals surface area contributed by atoms with Gasteiger partial charge in [0.25, 0.3) is 0 Å². The van der Waals surface area contributed by atoms with Gasteiger partial charge in [0.15, 0.2) is 0 Å². The van der Waals surface area contributed by atoms with Gasteiger partial charge in [-0.2, -0.15) is 0 Å². The van der Waals surface area contributed by atoms with Crippen LogP contribution in [-0.4, -0.2) is 19.2 Å². The Labute approximate surface area is 188 Å². The zero-order valence-corrected chi connectivity index (χ0v) is 18.9. The molecule has 0 saturated carbocycles. The lowest BCUT2D eigenvalue weighted by molar-refractivity contribution is -0.134. The first-order valence-corrected chi connectivity index (χ1v) is 12.9. The second-order valence-electron chi connectivity index (χ2n) is 7.27. The average molecular weight is 450 g/mol. The third-order valence-corrected chi connectivity index (χ3v) is 9.57. The van der Waals surface area contributed by atoms with Crippen LogP contribution in [0.2, 0.25) is 0 Å². The Morgan fingerprint density at radius 3 is 2.19 bits per heavy atom. The molecule has 1 heterocycles. The van der Waals surface area contributed by atoms with Crippen LogP contribution >= 0.6 is 6.19 Å². The zero-order chi connectivity index (χ0) is 21.7. The third-order valence-electron chi connectivity index (χ3n) is 5.27. The van der Waals surface area contributed by atoms with Gasteiger partial charge in [-0.1, -0.05) is 90.7 Å². The highest BCUT2D eigenvalue weighted by molar-refractivity contribution is 8.20. The van der Waals surface area contributed by atoms with Crippen molar-refractivity contribution in [2.24, 2.45) is 0 Å². The Kier molecular flexibility index (Phi) is 6.67. The van der Waals surface area contributed by atoms with Gasteiger partial charge in [0, 0.05) is 34.7 Å². The van der Waals surface area contributed by atoms with Crippen LogP contribution < -0.4 is 20.4 Å². The zero-order valence-electron chi connectivity index (χ0n) is 17.2. The standard InChI is InChI=1S/C25H24NO3PS/c1-28-25(27)17-16-19-18-23(22-14-8-9-15-24(22)29-19)26-30(31,20-10-4-2-5-11-20)21-12-6-3-7-13-21/h2-17,19,23H,18H2,1H3,(H,26,31)/b17-16+. The number of ether oxygens (including phenoxy) is 2. The molecule has 31 heavy (non-hydrogen) atoms. The van der Waals surface area contributed by atoms with Gasteiger partial charge < -0.3 is 9.47 Å². The minimum absolute atomic E-state index is 0.0245. The van der Waals surface area contributed by atoms with Crippen molar-refractivity contribution in [3.05, 3.63) is 103 Å². The lowest BCUT2D eigenvalue weighted by Gasteiger charge is -2.36. The molecule has 2 atom stereocenters. The van der Waals surface area contributed by atoms with Crippen molar-refractivity contribution in [1.82, 2.24) is 5.09 Å². The van der Waals surface area contributed by atoms with E-state index in [2.05, 4.69) is 35.4 Å². The summed E-state index contributed by atoms with van der Waals surface area (Å²) in [5.41, 5.74) is 1.08. The largest absolute Gasteiger partial charge is 0.486 e. The molecule has 4 rings (SSSR count). The molecule has 0 bridgehead atoms. The van der Waals surface area contributed by atoms with Crippen LogP contribution in [-0.2, 0) is 21.3 Å². The maximum atomic E-state index is 11.6. The van der Waals surface area contributed by atoms with E-state index < -0.39 is 12.2 Å². The van der Waals surface area contributed by atoms with Gasteiger partial charge in [0.2, 0.25) is 0 Å². The van der Waals surface area contributed by atoms with Crippen LogP contribution in [0.25, 0.3) is 0 Å². The first kappa shape index (κ1) is 21.5. The molecule has 0 radical (unpaired) electrons. The van der Waals surface area contributed by atoms with Gasteiger partial charge in [-0.25, -0.2) is 4.79 Å². The Balaban J connectivity index is 1.73. The number of carbonyl (C=O) groups is 1. The summed E-state index contributed by atoms with van der Waals surface area (Å²) in [5.74, 6) is 0.402. The molecule has 3 aromatic carbocycles. The Hall–Kier alpha value is -2.72. The number of rotatable bonds is 6. The quantitative estimate of drug-likeness (QED) is 0.347. The average Bonchev–Trinajstić information content (AvgIpc) is 2.83. The summed E-state index contributed by atoms with van der Waals surface area (Å²) >= 11 is 6.38. The Morgan fingerprint density at radius 1 is 1.00 bits per heavy atom. The first-order valence-electron chi connectivity index (χ1n) is 10.1. The topological polar surface area (TPSA) is 47.6 Å².